The van der Waals surface area contributed by atoms with E-state index < -0.39 is 15.9 Å². The number of hydrogen-bond acceptors (Lipinski definition) is 5. The fraction of sp³-hybridized carbons (Fsp3) is 0.200. The summed E-state index contributed by atoms with van der Waals surface area (Å²) in [7, 11) is -2.51. The van der Waals surface area contributed by atoms with Crippen LogP contribution in [0.1, 0.15) is 11.1 Å². The molecule has 0 radical (unpaired) electrons. The van der Waals surface area contributed by atoms with Crippen molar-refractivity contribution < 1.29 is 13.2 Å². The molecule has 29 heavy (non-hydrogen) atoms. The lowest BCUT2D eigenvalue weighted by Crippen LogP contribution is -2.35. The molecule has 0 saturated heterocycles. The number of carbonyl (C=O) groups is 1. The second kappa shape index (κ2) is 8.74. The summed E-state index contributed by atoms with van der Waals surface area (Å²) in [5, 5.41) is 4.83. The zero-order valence-corrected chi connectivity index (χ0v) is 19.4. The average Bonchev–Trinajstić information content (AvgIpc) is 3.16. The number of anilines is 1. The second-order valence-corrected chi connectivity index (χ2v) is 10.3. The highest BCUT2D eigenvalue weighted by atomic mass is 79.9. The summed E-state index contributed by atoms with van der Waals surface area (Å²) in [6.45, 7) is 3.48. The highest BCUT2D eigenvalue weighted by Gasteiger charge is 2.26. The van der Waals surface area contributed by atoms with Crippen molar-refractivity contribution in [3.8, 4) is 10.6 Å². The minimum Gasteiger partial charge on any atom is -0.324 e. The van der Waals surface area contributed by atoms with Gasteiger partial charge in [0, 0.05) is 28.2 Å². The molecule has 2 aromatic carbocycles. The van der Waals surface area contributed by atoms with Gasteiger partial charge in [0.1, 0.15) is 5.01 Å². The van der Waals surface area contributed by atoms with Gasteiger partial charge in [-0.3, -0.25) is 4.79 Å². The summed E-state index contributed by atoms with van der Waals surface area (Å²) in [4.78, 5) is 16.7. The Balaban J connectivity index is 1.74. The second-order valence-electron chi connectivity index (χ2n) is 6.57. The Labute approximate surface area is 182 Å². The van der Waals surface area contributed by atoms with Crippen molar-refractivity contribution in [1.82, 2.24) is 9.29 Å². The van der Waals surface area contributed by atoms with Gasteiger partial charge in [0.2, 0.25) is 5.91 Å². The molecule has 1 heterocycles. The van der Waals surface area contributed by atoms with Crippen LogP contribution in [0.4, 0.5) is 5.69 Å². The standard InChI is InChI=1S/C20H20BrN3O3S2/c1-13-5-4-6-14(2)19(13)22-17(25)11-24(3)29(26,27)18-12-28-20(23-18)15-7-9-16(21)10-8-15/h4-10,12H,11H2,1-3H3,(H,22,25). The van der Waals surface area contributed by atoms with E-state index in [9.17, 15) is 13.2 Å². The molecule has 1 N–H and O–H groups in total. The number of nitrogens with one attached hydrogen (secondary N) is 1. The van der Waals surface area contributed by atoms with Crippen molar-refractivity contribution in [2.75, 3.05) is 18.9 Å². The van der Waals surface area contributed by atoms with E-state index in [2.05, 4.69) is 26.2 Å². The van der Waals surface area contributed by atoms with E-state index >= 15 is 0 Å². The third kappa shape index (κ3) is 4.92. The van der Waals surface area contributed by atoms with Crippen molar-refractivity contribution in [3.63, 3.8) is 0 Å². The van der Waals surface area contributed by atoms with Crippen LogP contribution in [-0.4, -0.2) is 37.2 Å². The Bertz CT molecular complexity index is 1120. The van der Waals surface area contributed by atoms with Gasteiger partial charge in [-0.15, -0.1) is 11.3 Å². The minimum absolute atomic E-state index is 0.0669. The number of hydrogen-bond donors (Lipinski definition) is 1. The van der Waals surface area contributed by atoms with Gasteiger partial charge in [0.25, 0.3) is 10.0 Å². The first-order valence-corrected chi connectivity index (χ1v) is 11.8. The van der Waals surface area contributed by atoms with Crippen LogP contribution in [-0.2, 0) is 14.8 Å². The molecule has 6 nitrogen and oxygen atoms in total. The van der Waals surface area contributed by atoms with E-state index in [1.165, 1.54) is 23.8 Å². The molecule has 1 amide bonds. The first-order valence-electron chi connectivity index (χ1n) is 8.72. The maximum atomic E-state index is 12.8. The van der Waals surface area contributed by atoms with Crippen LogP contribution in [0.15, 0.2) is 57.3 Å². The normalized spacial score (nSPS) is 11.6. The number of amides is 1. The predicted molar refractivity (Wildman–Crippen MR) is 120 cm³/mol. The summed E-state index contributed by atoms with van der Waals surface area (Å²) >= 11 is 4.62. The van der Waals surface area contributed by atoms with Crippen LogP contribution < -0.4 is 5.32 Å². The number of aromatic nitrogens is 1. The van der Waals surface area contributed by atoms with Gasteiger partial charge in [0.05, 0.1) is 6.54 Å². The molecular formula is C20H20BrN3O3S2. The van der Waals surface area contributed by atoms with Gasteiger partial charge >= 0.3 is 0 Å². The lowest BCUT2D eigenvalue weighted by atomic mass is 10.1. The Kier molecular flexibility index (Phi) is 6.52. The average molecular weight is 494 g/mol. The van der Waals surface area contributed by atoms with Crippen LogP contribution >= 0.6 is 27.3 Å². The summed E-state index contributed by atoms with van der Waals surface area (Å²) in [6, 6.07) is 13.2. The Morgan fingerprint density at radius 2 is 1.76 bits per heavy atom. The first kappa shape index (κ1) is 21.6. The topological polar surface area (TPSA) is 79.4 Å². The van der Waals surface area contributed by atoms with Crippen molar-refractivity contribution in [2.24, 2.45) is 0 Å². The molecule has 0 aliphatic carbocycles. The Hall–Kier alpha value is -2.07. The molecule has 0 fully saturated rings. The number of benzene rings is 2. The zero-order chi connectivity index (χ0) is 21.2. The Morgan fingerprint density at radius 3 is 2.38 bits per heavy atom. The molecule has 152 valence electrons. The summed E-state index contributed by atoms with van der Waals surface area (Å²) in [5.41, 5.74) is 3.37. The third-order valence-electron chi connectivity index (χ3n) is 4.36. The SMILES string of the molecule is Cc1cccc(C)c1NC(=O)CN(C)S(=O)(=O)c1csc(-c2ccc(Br)cc2)n1. The van der Waals surface area contributed by atoms with E-state index in [1.54, 1.807) is 0 Å². The van der Waals surface area contributed by atoms with Gasteiger partial charge in [-0.2, -0.15) is 4.31 Å². The number of para-hydroxylation sites is 1. The van der Waals surface area contributed by atoms with E-state index in [0.717, 1.165) is 25.5 Å². The lowest BCUT2D eigenvalue weighted by molar-refractivity contribution is -0.116. The highest BCUT2D eigenvalue weighted by molar-refractivity contribution is 9.10. The molecule has 1 aromatic heterocycles. The number of thiazole rings is 1. The molecule has 0 atom stereocenters. The van der Waals surface area contributed by atoms with Gasteiger partial charge in [0.15, 0.2) is 5.03 Å². The number of carbonyl (C=O) groups excluding carboxylic acids is 1. The van der Waals surface area contributed by atoms with E-state index in [-0.39, 0.29) is 11.6 Å². The number of sulfonamides is 1. The van der Waals surface area contributed by atoms with Crippen LogP contribution in [0.25, 0.3) is 10.6 Å². The largest absolute Gasteiger partial charge is 0.324 e. The van der Waals surface area contributed by atoms with E-state index in [0.29, 0.717) is 10.7 Å². The number of nitrogens with zero attached hydrogens (tertiary/aromatic N) is 2. The zero-order valence-electron chi connectivity index (χ0n) is 16.1. The monoisotopic (exact) mass is 493 g/mol. The molecule has 0 spiro atoms. The third-order valence-corrected chi connectivity index (χ3v) is 7.62. The number of rotatable bonds is 6. The number of aryl methyl sites for hydroxylation is 2. The maximum absolute atomic E-state index is 12.8. The maximum Gasteiger partial charge on any atom is 0.261 e. The molecule has 0 saturated carbocycles. The quantitative estimate of drug-likeness (QED) is 0.549. The molecule has 3 rings (SSSR count). The van der Waals surface area contributed by atoms with Crippen molar-refractivity contribution in [3.05, 3.63) is 63.4 Å². The molecule has 9 heteroatoms. The van der Waals surface area contributed by atoms with E-state index in [4.69, 9.17) is 0 Å². The summed E-state index contributed by atoms with van der Waals surface area (Å²) in [5.74, 6) is -0.406. The molecule has 0 bridgehead atoms. The van der Waals surface area contributed by atoms with Crippen LogP contribution in [0.3, 0.4) is 0 Å². The van der Waals surface area contributed by atoms with Gasteiger partial charge in [-0.25, -0.2) is 13.4 Å². The molecular weight excluding hydrogens is 474 g/mol. The van der Waals surface area contributed by atoms with Crippen LogP contribution in [0, 0.1) is 13.8 Å². The number of halogens is 1. The molecule has 0 aliphatic rings. The smallest absolute Gasteiger partial charge is 0.261 e. The highest BCUT2D eigenvalue weighted by Crippen LogP contribution is 2.28. The first-order chi connectivity index (χ1) is 13.7. The lowest BCUT2D eigenvalue weighted by Gasteiger charge is -2.17. The number of likely N-dealkylation sites (N-methyl/N-ethyl adjacent to an activating group) is 1. The van der Waals surface area contributed by atoms with Crippen molar-refractivity contribution >= 4 is 48.9 Å². The minimum atomic E-state index is -3.88. The Morgan fingerprint density at radius 1 is 1.14 bits per heavy atom. The molecule has 3 aromatic rings. The molecule has 0 unspecified atom stereocenters. The van der Waals surface area contributed by atoms with Crippen LogP contribution in [0.5, 0.6) is 0 Å². The summed E-state index contributed by atoms with van der Waals surface area (Å²) in [6.07, 6.45) is 0. The van der Waals surface area contributed by atoms with Gasteiger partial charge < -0.3 is 5.32 Å². The van der Waals surface area contributed by atoms with Crippen molar-refractivity contribution in [2.45, 2.75) is 18.9 Å². The molecule has 0 aliphatic heterocycles. The van der Waals surface area contributed by atoms with Crippen molar-refractivity contribution in [1.29, 1.82) is 0 Å². The summed E-state index contributed by atoms with van der Waals surface area (Å²) < 4.78 is 27.6. The van der Waals surface area contributed by atoms with Crippen LogP contribution in [0.2, 0.25) is 0 Å². The van der Waals surface area contributed by atoms with Gasteiger partial charge in [-0.05, 0) is 37.1 Å². The fourth-order valence-corrected chi connectivity index (χ4v) is 5.19. The predicted octanol–water partition coefficient (Wildman–Crippen LogP) is 4.45. The van der Waals surface area contributed by atoms with Gasteiger partial charge in [-0.1, -0.05) is 46.3 Å². The fourth-order valence-electron chi connectivity index (χ4n) is 2.74. The van der Waals surface area contributed by atoms with E-state index in [1.807, 2.05) is 56.3 Å².